The molecule has 0 radical (unpaired) electrons. The lowest BCUT2D eigenvalue weighted by Gasteiger charge is -2.16. The van der Waals surface area contributed by atoms with Gasteiger partial charge >= 0.3 is 0 Å². The molecule has 0 fully saturated rings. The van der Waals surface area contributed by atoms with Gasteiger partial charge in [0, 0.05) is 29.7 Å². The minimum atomic E-state index is 0.00219. The molecule has 1 aliphatic rings. The molecule has 2 heterocycles. The second kappa shape index (κ2) is 7.58. The molecule has 28 heavy (non-hydrogen) atoms. The summed E-state index contributed by atoms with van der Waals surface area (Å²) in [5, 5.41) is 5.00. The van der Waals surface area contributed by atoms with Crippen molar-refractivity contribution >= 4 is 23.1 Å². The second-order valence-electron chi connectivity index (χ2n) is 6.56. The van der Waals surface area contributed by atoms with Crippen LogP contribution in [-0.4, -0.2) is 34.4 Å². The molecule has 0 saturated carbocycles. The maximum Gasteiger partial charge on any atom is 0.219 e. The first-order valence-electron chi connectivity index (χ1n) is 8.87. The Hall–Kier alpha value is -2.96. The summed E-state index contributed by atoms with van der Waals surface area (Å²) in [5.74, 6) is 0.635. The predicted octanol–water partition coefficient (Wildman–Crippen LogP) is 3.26. The van der Waals surface area contributed by atoms with E-state index in [2.05, 4.69) is 10.1 Å². The molecular formula is C21H19ClN4O2. The zero-order valence-corrected chi connectivity index (χ0v) is 16.1. The molecule has 0 spiro atoms. The number of aryl methyl sites for hydroxylation is 1. The Morgan fingerprint density at radius 1 is 1.18 bits per heavy atom. The van der Waals surface area contributed by atoms with Crippen molar-refractivity contribution < 1.29 is 9.53 Å². The average Bonchev–Trinajstić information content (AvgIpc) is 3.07. The van der Waals surface area contributed by atoms with Crippen LogP contribution in [0, 0.1) is 0 Å². The van der Waals surface area contributed by atoms with E-state index in [1.165, 1.54) is 0 Å². The number of hydrogen-bond donors (Lipinski definition) is 1. The summed E-state index contributed by atoms with van der Waals surface area (Å²) < 4.78 is 7.72. The summed E-state index contributed by atoms with van der Waals surface area (Å²) in [6, 6.07) is 13.2. The summed E-state index contributed by atoms with van der Waals surface area (Å²) in [4.78, 5) is 16.4. The van der Waals surface area contributed by atoms with Crippen LogP contribution < -0.4 is 10.5 Å². The van der Waals surface area contributed by atoms with Gasteiger partial charge in [-0.3, -0.25) is 9.79 Å². The number of nitrogens with zero attached hydrogens (tertiary/aromatic N) is 3. The quantitative estimate of drug-likeness (QED) is 0.720. The van der Waals surface area contributed by atoms with Gasteiger partial charge < -0.3 is 10.5 Å². The van der Waals surface area contributed by atoms with Crippen LogP contribution in [0.3, 0.4) is 0 Å². The standard InChI is InChI=1S/C21H19ClN4O2/c1-26-21(28-12-13-3-2-4-15(22)7-13)18(10-25-26)14-5-6-16-17(8-14)19(9-23)24-11-20(16)27/h2-8,10H,9,11-12,23H2,1H3. The number of aromatic nitrogens is 2. The number of halogens is 1. The van der Waals surface area contributed by atoms with E-state index in [4.69, 9.17) is 22.1 Å². The molecule has 142 valence electrons. The molecular weight excluding hydrogens is 376 g/mol. The summed E-state index contributed by atoms with van der Waals surface area (Å²) in [7, 11) is 1.82. The Labute approximate surface area is 167 Å². The van der Waals surface area contributed by atoms with Gasteiger partial charge in [0.1, 0.15) is 13.2 Å². The highest BCUT2D eigenvalue weighted by Crippen LogP contribution is 2.32. The first-order valence-corrected chi connectivity index (χ1v) is 9.25. The molecule has 0 atom stereocenters. The van der Waals surface area contributed by atoms with E-state index in [9.17, 15) is 4.79 Å². The Morgan fingerprint density at radius 3 is 2.82 bits per heavy atom. The van der Waals surface area contributed by atoms with Crippen molar-refractivity contribution in [1.82, 2.24) is 9.78 Å². The number of aliphatic imine (C=N–C) groups is 1. The molecule has 6 nitrogen and oxygen atoms in total. The van der Waals surface area contributed by atoms with Gasteiger partial charge in [0.05, 0.1) is 17.5 Å². The highest BCUT2D eigenvalue weighted by molar-refractivity contribution is 6.30. The van der Waals surface area contributed by atoms with Gasteiger partial charge in [-0.1, -0.05) is 35.9 Å². The number of hydrogen-bond acceptors (Lipinski definition) is 5. The Bertz CT molecular complexity index is 1090. The summed E-state index contributed by atoms with van der Waals surface area (Å²) in [5.41, 5.74) is 10.7. The summed E-state index contributed by atoms with van der Waals surface area (Å²) in [6.45, 7) is 0.806. The van der Waals surface area contributed by atoms with Crippen LogP contribution in [0.15, 0.2) is 53.7 Å². The maximum atomic E-state index is 12.2. The molecule has 3 aromatic rings. The van der Waals surface area contributed by atoms with Crippen LogP contribution in [0.2, 0.25) is 5.02 Å². The van der Waals surface area contributed by atoms with E-state index >= 15 is 0 Å². The molecule has 1 aromatic heterocycles. The van der Waals surface area contributed by atoms with Crippen LogP contribution in [0.1, 0.15) is 21.5 Å². The average molecular weight is 395 g/mol. The zero-order chi connectivity index (χ0) is 19.7. The molecule has 0 saturated heterocycles. The monoisotopic (exact) mass is 394 g/mol. The highest BCUT2D eigenvalue weighted by atomic mass is 35.5. The van der Waals surface area contributed by atoms with E-state index < -0.39 is 0 Å². The van der Waals surface area contributed by atoms with Crippen molar-refractivity contribution in [2.75, 3.05) is 13.1 Å². The van der Waals surface area contributed by atoms with E-state index in [0.29, 0.717) is 23.1 Å². The van der Waals surface area contributed by atoms with Crippen LogP contribution in [0.4, 0.5) is 0 Å². The van der Waals surface area contributed by atoms with Gasteiger partial charge in [-0.05, 0) is 29.3 Å². The summed E-state index contributed by atoms with van der Waals surface area (Å²) >= 11 is 6.05. The lowest BCUT2D eigenvalue weighted by Crippen LogP contribution is -2.24. The number of ketones is 1. The third kappa shape index (κ3) is 3.44. The number of carbonyl (C=O) groups excluding carboxylic acids is 1. The van der Waals surface area contributed by atoms with Gasteiger partial charge in [-0.15, -0.1) is 0 Å². The largest absolute Gasteiger partial charge is 0.473 e. The van der Waals surface area contributed by atoms with Crippen molar-refractivity contribution in [2.45, 2.75) is 6.61 Å². The zero-order valence-electron chi connectivity index (χ0n) is 15.4. The van der Waals surface area contributed by atoms with Gasteiger partial charge in [-0.2, -0.15) is 5.10 Å². The van der Waals surface area contributed by atoms with E-state index in [1.807, 2.05) is 49.5 Å². The number of rotatable bonds is 5. The number of ether oxygens (including phenoxy) is 1. The van der Waals surface area contributed by atoms with Gasteiger partial charge in [0.15, 0.2) is 5.78 Å². The van der Waals surface area contributed by atoms with Crippen molar-refractivity contribution in [3.05, 3.63) is 70.4 Å². The highest BCUT2D eigenvalue weighted by Gasteiger charge is 2.22. The van der Waals surface area contributed by atoms with Gasteiger partial charge in [0.25, 0.3) is 0 Å². The van der Waals surface area contributed by atoms with E-state index in [0.717, 1.165) is 28.0 Å². The number of nitrogens with two attached hydrogens (primary N) is 1. The topological polar surface area (TPSA) is 82.5 Å². The third-order valence-corrected chi connectivity index (χ3v) is 4.93. The van der Waals surface area contributed by atoms with Crippen molar-refractivity contribution in [1.29, 1.82) is 0 Å². The lowest BCUT2D eigenvalue weighted by molar-refractivity contribution is 0.1000. The maximum absolute atomic E-state index is 12.2. The van der Waals surface area contributed by atoms with Gasteiger partial charge in [-0.25, -0.2) is 4.68 Å². The van der Waals surface area contributed by atoms with Crippen molar-refractivity contribution in [2.24, 2.45) is 17.8 Å². The minimum Gasteiger partial charge on any atom is -0.473 e. The van der Waals surface area contributed by atoms with Crippen LogP contribution in [-0.2, 0) is 13.7 Å². The molecule has 2 aromatic carbocycles. The second-order valence-corrected chi connectivity index (χ2v) is 6.99. The normalized spacial score (nSPS) is 13.2. The first kappa shape index (κ1) is 18.4. The van der Waals surface area contributed by atoms with Crippen LogP contribution >= 0.6 is 11.6 Å². The van der Waals surface area contributed by atoms with Gasteiger partial charge in [0.2, 0.25) is 5.88 Å². The number of Topliss-reactive ketones (excluding diaryl/α,β-unsaturated/α-hetero) is 1. The van der Waals surface area contributed by atoms with Crippen molar-refractivity contribution in [3.63, 3.8) is 0 Å². The van der Waals surface area contributed by atoms with E-state index in [-0.39, 0.29) is 18.9 Å². The Morgan fingerprint density at radius 2 is 2.04 bits per heavy atom. The first-order chi connectivity index (χ1) is 13.6. The van der Waals surface area contributed by atoms with Crippen molar-refractivity contribution in [3.8, 4) is 17.0 Å². The molecule has 4 rings (SSSR count). The predicted molar refractivity (Wildman–Crippen MR) is 109 cm³/mol. The van der Waals surface area contributed by atoms with E-state index in [1.54, 1.807) is 10.9 Å². The molecule has 7 heteroatoms. The molecule has 2 N–H and O–H groups in total. The smallest absolute Gasteiger partial charge is 0.219 e. The number of fused-ring (bicyclic) bond motifs is 1. The molecule has 0 unspecified atom stereocenters. The number of carbonyl (C=O) groups is 1. The molecule has 0 aliphatic carbocycles. The molecule has 0 bridgehead atoms. The molecule has 0 amide bonds. The number of benzene rings is 2. The SMILES string of the molecule is Cn1ncc(-c2ccc3c(c2)C(CN)=NCC3=O)c1OCc1cccc(Cl)c1. The third-order valence-electron chi connectivity index (χ3n) is 4.70. The molecule has 1 aliphatic heterocycles. The fourth-order valence-electron chi connectivity index (χ4n) is 3.28. The Balaban J connectivity index is 1.68. The fourth-order valence-corrected chi connectivity index (χ4v) is 3.49. The van der Waals surface area contributed by atoms with Crippen LogP contribution in [0.5, 0.6) is 5.88 Å². The fraction of sp³-hybridized carbons (Fsp3) is 0.190. The van der Waals surface area contributed by atoms with Crippen LogP contribution in [0.25, 0.3) is 11.1 Å². The summed E-state index contributed by atoms with van der Waals surface area (Å²) in [6.07, 6.45) is 1.75. The lowest BCUT2D eigenvalue weighted by atomic mass is 9.93. The minimum absolute atomic E-state index is 0.00219. The Kier molecular flexibility index (Phi) is 4.98.